The fourth-order valence-corrected chi connectivity index (χ4v) is 7.40. The number of primary amides is 1. The van der Waals surface area contributed by atoms with E-state index in [2.05, 4.69) is 0 Å². The molecule has 1 aromatic heterocycles. The zero-order valence-corrected chi connectivity index (χ0v) is 23.2. The number of aliphatic hydroxyl groups excluding tert-OH is 2. The van der Waals surface area contributed by atoms with Gasteiger partial charge in [0.25, 0.3) is 5.91 Å². The number of hydrogen-bond acceptors (Lipinski definition) is 10. The number of phenolic OH excluding ortho intramolecular Hbond substituents is 1. The minimum atomic E-state index is -2.68. The van der Waals surface area contributed by atoms with Gasteiger partial charge in [0.15, 0.2) is 11.4 Å². The Morgan fingerprint density at radius 3 is 2.36 bits per heavy atom. The van der Waals surface area contributed by atoms with Crippen molar-refractivity contribution in [3.05, 3.63) is 56.3 Å². The van der Waals surface area contributed by atoms with Crippen LogP contribution in [0.4, 0.5) is 5.69 Å². The first-order valence-corrected chi connectivity index (χ1v) is 13.4. The third-order valence-corrected chi connectivity index (χ3v) is 9.28. The quantitative estimate of drug-likeness (QED) is 0.346. The lowest BCUT2D eigenvalue weighted by atomic mass is 9.58. The summed E-state index contributed by atoms with van der Waals surface area (Å²) in [4.78, 5) is 43.6. The summed E-state index contributed by atoms with van der Waals surface area (Å²) >= 11 is 7.34. The van der Waals surface area contributed by atoms with Crippen LogP contribution < -0.4 is 10.6 Å². The zero-order chi connectivity index (χ0) is 28.7. The number of aliphatic hydroxyl groups is 3. The molecule has 2 aromatic rings. The Labute approximate surface area is 233 Å². The van der Waals surface area contributed by atoms with Gasteiger partial charge in [-0.25, -0.2) is 0 Å². The Hall–Kier alpha value is -3.38. The molecule has 0 fully saturated rings. The van der Waals surface area contributed by atoms with Gasteiger partial charge in [0.2, 0.25) is 5.78 Å². The molecule has 0 aliphatic heterocycles. The van der Waals surface area contributed by atoms with Crippen LogP contribution in [-0.4, -0.2) is 82.6 Å². The van der Waals surface area contributed by atoms with Crippen molar-refractivity contribution >= 4 is 46.1 Å². The molecule has 0 saturated heterocycles. The zero-order valence-electron chi connectivity index (χ0n) is 21.6. The highest BCUT2D eigenvalue weighted by Crippen LogP contribution is 2.54. The first-order chi connectivity index (χ1) is 18.2. The van der Waals surface area contributed by atoms with E-state index < -0.39 is 58.0 Å². The highest BCUT2D eigenvalue weighted by atomic mass is 35.5. The predicted octanol–water partition coefficient (Wildman–Crippen LogP) is 2.57. The van der Waals surface area contributed by atoms with Gasteiger partial charge < -0.3 is 31.1 Å². The predicted molar refractivity (Wildman–Crippen MR) is 146 cm³/mol. The van der Waals surface area contributed by atoms with E-state index in [1.165, 1.54) is 16.2 Å². The Morgan fingerprint density at radius 1 is 1.15 bits per heavy atom. The number of Topliss-reactive ketones (excluding diaryl/α,β-unsaturated/α-hetero) is 2. The molecular formula is C27H28ClN3O7S. The van der Waals surface area contributed by atoms with E-state index in [-0.39, 0.29) is 29.7 Å². The Balaban J connectivity index is 1.76. The minimum Gasteiger partial charge on any atom is -0.510 e. The Kier molecular flexibility index (Phi) is 6.34. The van der Waals surface area contributed by atoms with E-state index in [1.807, 2.05) is 4.90 Å². The number of carbonyl (C=O) groups is 3. The second-order valence-corrected chi connectivity index (χ2v) is 12.3. The van der Waals surface area contributed by atoms with E-state index in [4.69, 9.17) is 17.3 Å². The summed E-state index contributed by atoms with van der Waals surface area (Å²) in [7, 11) is 6.80. The summed E-state index contributed by atoms with van der Waals surface area (Å²) in [6, 6.07) is 4.13. The molecule has 1 aromatic carbocycles. The van der Waals surface area contributed by atoms with E-state index in [0.717, 1.165) is 0 Å². The highest BCUT2D eigenvalue weighted by Gasteiger charge is 2.63. The second-order valence-electron chi connectivity index (χ2n) is 10.6. The van der Waals surface area contributed by atoms with Gasteiger partial charge in [-0.2, -0.15) is 0 Å². The maximum Gasteiger partial charge on any atom is 0.255 e. The highest BCUT2D eigenvalue weighted by molar-refractivity contribution is 7.19. The van der Waals surface area contributed by atoms with E-state index in [0.29, 0.717) is 26.0 Å². The molecule has 0 spiro atoms. The molecule has 206 valence electrons. The third-order valence-electron chi connectivity index (χ3n) is 8.02. The summed E-state index contributed by atoms with van der Waals surface area (Å²) in [6.07, 6.45) is 0.239. The molecule has 3 aliphatic carbocycles. The third kappa shape index (κ3) is 3.71. The number of amides is 1. The number of hydrogen-bond donors (Lipinski definition) is 5. The van der Waals surface area contributed by atoms with Gasteiger partial charge in [-0.3, -0.25) is 19.3 Å². The number of rotatable bonds is 4. The first-order valence-electron chi connectivity index (χ1n) is 12.2. The molecule has 10 nitrogen and oxygen atoms in total. The molecule has 12 heteroatoms. The minimum absolute atomic E-state index is 0.0294. The van der Waals surface area contributed by atoms with Gasteiger partial charge in [-0.1, -0.05) is 11.6 Å². The van der Waals surface area contributed by atoms with Crippen LogP contribution in [0.1, 0.15) is 22.3 Å². The largest absolute Gasteiger partial charge is 0.510 e. The lowest BCUT2D eigenvalue weighted by Gasteiger charge is -2.50. The number of likely N-dealkylation sites (N-methyl/N-ethyl adjacent to an activating group) is 1. The molecule has 6 N–H and O–H groups in total. The molecule has 0 bridgehead atoms. The summed E-state index contributed by atoms with van der Waals surface area (Å²) in [5.74, 6) is -6.77. The standard InChI is InChI=1S/C27H28ClN3O7S/c1-30(2)14-9-12(15-5-6-16(28)39-15)21(32)18-11(14)7-10-8-13-20(31(3)4)23(34)19(26(29)37)25(36)27(13,38)24(35)17(10)22(18)33/h5-6,9-10,13,20,32,34-35,38H,7-8H2,1-4H3,(H2,29,37)/t10-,13-,20-,27-/m0/s1. The smallest absolute Gasteiger partial charge is 0.255 e. The molecule has 1 heterocycles. The average Bonchev–Trinajstić information content (AvgIpc) is 3.26. The van der Waals surface area contributed by atoms with Crippen molar-refractivity contribution in [2.75, 3.05) is 33.1 Å². The van der Waals surface area contributed by atoms with Gasteiger partial charge in [0.1, 0.15) is 22.8 Å². The van der Waals surface area contributed by atoms with Gasteiger partial charge in [0.05, 0.1) is 15.9 Å². The number of anilines is 1. The number of fused-ring (bicyclic) bond motifs is 3. The van der Waals surface area contributed by atoms with Crippen molar-refractivity contribution < 1.29 is 34.8 Å². The number of nitrogens with two attached hydrogens (primary N) is 1. The van der Waals surface area contributed by atoms with Crippen molar-refractivity contribution in [3.63, 3.8) is 0 Å². The van der Waals surface area contributed by atoms with Crippen LogP contribution in [0.25, 0.3) is 10.4 Å². The van der Waals surface area contributed by atoms with Gasteiger partial charge in [-0.05, 0) is 56.6 Å². The average molecular weight is 574 g/mol. The molecule has 4 atom stereocenters. The molecule has 0 radical (unpaired) electrons. The monoisotopic (exact) mass is 573 g/mol. The van der Waals surface area contributed by atoms with Crippen LogP contribution in [0.5, 0.6) is 5.75 Å². The van der Waals surface area contributed by atoms with Gasteiger partial charge in [0, 0.05) is 41.7 Å². The number of carbonyl (C=O) groups excluding carboxylic acids is 3. The van der Waals surface area contributed by atoms with Crippen molar-refractivity contribution in [2.45, 2.75) is 24.5 Å². The van der Waals surface area contributed by atoms with E-state index in [9.17, 15) is 34.8 Å². The van der Waals surface area contributed by atoms with Gasteiger partial charge in [-0.15, -0.1) is 11.3 Å². The normalized spacial score (nSPS) is 26.5. The van der Waals surface area contributed by atoms with Crippen LogP contribution in [0.3, 0.4) is 0 Å². The number of nitrogens with zero attached hydrogens (tertiary/aromatic N) is 2. The van der Waals surface area contributed by atoms with Crippen molar-refractivity contribution in [1.82, 2.24) is 4.90 Å². The summed E-state index contributed by atoms with van der Waals surface area (Å²) in [5, 5.41) is 45.5. The molecular weight excluding hydrogens is 546 g/mol. The Bertz CT molecular complexity index is 1530. The molecule has 3 aliphatic rings. The lowest BCUT2D eigenvalue weighted by molar-refractivity contribution is -0.148. The van der Waals surface area contributed by atoms with Crippen LogP contribution >= 0.6 is 22.9 Å². The van der Waals surface area contributed by atoms with Crippen LogP contribution in [0.15, 0.2) is 40.9 Å². The number of ketones is 2. The summed E-state index contributed by atoms with van der Waals surface area (Å²) < 4.78 is 0.494. The van der Waals surface area contributed by atoms with Crippen molar-refractivity contribution in [2.24, 2.45) is 17.6 Å². The number of aromatic hydroxyl groups is 1. The Morgan fingerprint density at radius 2 is 1.82 bits per heavy atom. The van der Waals surface area contributed by atoms with Crippen LogP contribution in [0, 0.1) is 11.8 Å². The maximum absolute atomic E-state index is 14.1. The number of thiophene rings is 1. The molecule has 0 saturated carbocycles. The SMILES string of the molecule is CN(C)c1cc(-c2ccc(Cl)s2)c(O)c2c1C[C@H]1C[C@H]3[C@H](N(C)C)C(O)=C(C(N)=O)C(=O)[C@@]3(O)C(O)=C1C2=O. The number of phenols is 1. The summed E-state index contributed by atoms with van der Waals surface area (Å²) in [6.45, 7) is 0. The number of allylic oxidation sites excluding steroid dienone is 1. The maximum atomic E-state index is 14.1. The lowest BCUT2D eigenvalue weighted by Crippen LogP contribution is -2.63. The van der Waals surface area contributed by atoms with Gasteiger partial charge >= 0.3 is 0 Å². The fraction of sp³-hybridized carbons (Fsp3) is 0.370. The number of benzene rings is 1. The second kappa shape index (κ2) is 9.09. The van der Waals surface area contributed by atoms with Crippen molar-refractivity contribution in [1.29, 1.82) is 0 Å². The first kappa shape index (κ1) is 27.2. The molecule has 5 rings (SSSR count). The van der Waals surface area contributed by atoms with Crippen LogP contribution in [-0.2, 0) is 16.0 Å². The topological polar surface area (TPSA) is 165 Å². The molecule has 39 heavy (non-hydrogen) atoms. The van der Waals surface area contributed by atoms with Crippen LogP contribution in [0.2, 0.25) is 4.34 Å². The number of halogens is 1. The van der Waals surface area contributed by atoms with Crippen molar-refractivity contribution in [3.8, 4) is 16.2 Å². The molecule has 0 unspecified atom stereocenters. The van der Waals surface area contributed by atoms with E-state index >= 15 is 0 Å². The fourth-order valence-electron chi connectivity index (χ4n) is 6.34. The van der Waals surface area contributed by atoms with E-state index in [1.54, 1.807) is 46.4 Å². The summed E-state index contributed by atoms with van der Waals surface area (Å²) in [5.41, 5.74) is 3.24. The molecule has 1 amide bonds.